The van der Waals surface area contributed by atoms with Crippen LogP contribution in [-0.4, -0.2) is 13.1 Å². The van der Waals surface area contributed by atoms with Gasteiger partial charge in [0.15, 0.2) is 0 Å². The summed E-state index contributed by atoms with van der Waals surface area (Å²) in [6, 6.07) is 13.8. The molecule has 19 heavy (non-hydrogen) atoms. The SMILES string of the molecule is COC(=O)c1cccc(/N=N/c2cccc(Cl)c2)c1. The fraction of sp³-hybridized carbons (Fsp3) is 0.0714. The van der Waals surface area contributed by atoms with Crippen LogP contribution in [0.5, 0.6) is 0 Å². The summed E-state index contributed by atoms with van der Waals surface area (Å²) >= 11 is 5.85. The van der Waals surface area contributed by atoms with Crippen LogP contribution >= 0.6 is 11.6 Å². The normalized spacial score (nSPS) is 10.6. The number of rotatable bonds is 3. The molecule has 4 nitrogen and oxygen atoms in total. The Bertz CT molecular complexity index is 626. The van der Waals surface area contributed by atoms with Gasteiger partial charge in [0.1, 0.15) is 0 Å². The van der Waals surface area contributed by atoms with Crippen molar-refractivity contribution in [2.45, 2.75) is 0 Å². The zero-order valence-electron chi connectivity index (χ0n) is 10.2. The lowest BCUT2D eigenvalue weighted by molar-refractivity contribution is 0.0601. The number of azo groups is 1. The summed E-state index contributed by atoms with van der Waals surface area (Å²) in [5.41, 5.74) is 1.66. The maximum absolute atomic E-state index is 11.4. The van der Waals surface area contributed by atoms with E-state index in [0.29, 0.717) is 22.0 Å². The van der Waals surface area contributed by atoms with Gasteiger partial charge in [-0.1, -0.05) is 23.7 Å². The smallest absolute Gasteiger partial charge is 0.337 e. The number of hydrogen-bond acceptors (Lipinski definition) is 4. The molecule has 5 heteroatoms. The van der Waals surface area contributed by atoms with Crippen LogP contribution in [0.3, 0.4) is 0 Å². The van der Waals surface area contributed by atoms with Gasteiger partial charge in [-0.25, -0.2) is 4.79 Å². The molecule has 2 aromatic rings. The van der Waals surface area contributed by atoms with E-state index < -0.39 is 5.97 Å². The summed E-state index contributed by atoms with van der Waals surface area (Å²) in [6.07, 6.45) is 0. The third kappa shape index (κ3) is 3.63. The molecule has 0 heterocycles. The van der Waals surface area contributed by atoms with Crippen LogP contribution in [0.15, 0.2) is 58.8 Å². The van der Waals surface area contributed by atoms with Crippen LogP contribution in [0, 0.1) is 0 Å². The Morgan fingerprint density at radius 2 is 1.68 bits per heavy atom. The van der Waals surface area contributed by atoms with Gasteiger partial charge in [-0.3, -0.25) is 0 Å². The summed E-state index contributed by atoms with van der Waals surface area (Å²) in [6.45, 7) is 0. The van der Waals surface area contributed by atoms with E-state index in [1.165, 1.54) is 7.11 Å². The molecular formula is C14H11ClN2O2. The molecule has 0 aliphatic carbocycles. The lowest BCUT2D eigenvalue weighted by Crippen LogP contribution is -1.99. The first-order valence-electron chi connectivity index (χ1n) is 5.55. The molecule has 0 saturated heterocycles. The van der Waals surface area contributed by atoms with Crippen LogP contribution < -0.4 is 0 Å². The van der Waals surface area contributed by atoms with Gasteiger partial charge >= 0.3 is 5.97 Å². The highest BCUT2D eigenvalue weighted by Gasteiger charge is 2.04. The topological polar surface area (TPSA) is 51.0 Å². The predicted octanol–water partition coefficient (Wildman–Crippen LogP) is 4.54. The van der Waals surface area contributed by atoms with Crippen molar-refractivity contribution in [3.63, 3.8) is 0 Å². The molecule has 0 unspecified atom stereocenters. The number of ether oxygens (including phenoxy) is 1. The average Bonchev–Trinajstić information content (AvgIpc) is 2.45. The second-order valence-electron chi connectivity index (χ2n) is 3.72. The molecule has 0 bridgehead atoms. The number of carbonyl (C=O) groups is 1. The third-order valence-electron chi connectivity index (χ3n) is 2.36. The van der Waals surface area contributed by atoms with Gasteiger partial charge in [0.05, 0.1) is 24.0 Å². The molecule has 0 saturated carbocycles. The quantitative estimate of drug-likeness (QED) is 0.609. The maximum Gasteiger partial charge on any atom is 0.337 e. The lowest BCUT2D eigenvalue weighted by atomic mass is 10.2. The van der Waals surface area contributed by atoms with E-state index in [9.17, 15) is 4.79 Å². The van der Waals surface area contributed by atoms with Gasteiger partial charge in [0.25, 0.3) is 0 Å². The Morgan fingerprint density at radius 3 is 2.32 bits per heavy atom. The van der Waals surface area contributed by atoms with Gasteiger partial charge in [-0.15, -0.1) is 0 Å². The molecule has 0 aromatic heterocycles. The van der Waals surface area contributed by atoms with Crippen molar-refractivity contribution in [3.8, 4) is 0 Å². The van der Waals surface area contributed by atoms with Crippen molar-refractivity contribution in [1.29, 1.82) is 0 Å². The monoisotopic (exact) mass is 274 g/mol. The van der Waals surface area contributed by atoms with Crippen molar-refractivity contribution >= 4 is 28.9 Å². The first-order chi connectivity index (χ1) is 9.19. The molecule has 0 atom stereocenters. The predicted molar refractivity (Wildman–Crippen MR) is 73.4 cm³/mol. The molecule has 0 fully saturated rings. The Morgan fingerprint density at radius 1 is 1.05 bits per heavy atom. The molecule has 96 valence electrons. The Labute approximate surface area is 115 Å². The summed E-state index contributed by atoms with van der Waals surface area (Å²) < 4.78 is 4.64. The second kappa shape index (κ2) is 6.11. The van der Waals surface area contributed by atoms with Crippen LogP contribution in [-0.2, 0) is 4.74 Å². The van der Waals surface area contributed by atoms with E-state index >= 15 is 0 Å². The number of halogens is 1. The van der Waals surface area contributed by atoms with Crippen LogP contribution in [0.1, 0.15) is 10.4 Å². The Hall–Kier alpha value is -2.20. The number of methoxy groups -OCH3 is 1. The van der Waals surface area contributed by atoms with Gasteiger partial charge in [0, 0.05) is 5.02 Å². The lowest BCUT2D eigenvalue weighted by Gasteiger charge is -1.99. The zero-order chi connectivity index (χ0) is 13.7. The second-order valence-corrected chi connectivity index (χ2v) is 4.16. The minimum atomic E-state index is -0.403. The highest BCUT2D eigenvalue weighted by molar-refractivity contribution is 6.30. The minimum Gasteiger partial charge on any atom is -0.465 e. The van der Waals surface area contributed by atoms with Crippen molar-refractivity contribution in [1.82, 2.24) is 0 Å². The van der Waals surface area contributed by atoms with Gasteiger partial charge in [-0.2, -0.15) is 10.2 Å². The number of nitrogens with zero attached hydrogens (tertiary/aromatic N) is 2. The summed E-state index contributed by atoms with van der Waals surface area (Å²) in [4.78, 5) is 11.4. The molecule has 2 rings (SSSR count). The van der Waals surface area contributed by atoms with Crippen molar-refractivity contribution in [2.75, 3.05) is 7.11 Å². The van der Waals surface area contributed by atoms with Crippen LogP contribution in [0.2, 0.25) is 5.02 Å². The zero-order valence-corrected chi connectivity index (χ0v) is 11.0. The minimum absolute atomic E-state index is 0.403. The van der Waals surface area contributed by atoms with Gasteiger partial charge < -0.3 is 4.74 Å². The molecule has 0 aliphatic rings. The van der Waals surface area contributed by atoms with Crippen LogP contribution in [0.25, 0.3) is 0 Å². The number of hydrogen-bond donors (Lipinski definition) is 0. The Kier molecular flexibility index (Phi) is 4.26. The summed E-state index contributed by atoms with van der Waals surface area (Å²) in [5, 5.41) is 8.70. The standard InChI is InChI=1S/C14H11ClN2O2/c1-19-14(18)10-4-2-6-12(8-10)16-17-13-7-3-5-11(15)9-13/h2-9H,1H3/b17-16+. The van der Waals surface area contributed by atoms with E-state index in [1.54, 1.807) is 48.5 Å². The van der Waals surface area contributed by atoms with E-state index in [1.807, 2.05) is 0 Å². The molecular weight excluding hydrogens is 264 g/mol. The average molecular weight is 275 g/mol. The highest BCUT2D eigenvalue weighted by atomic mass is 35.5. The first kappa shape index (κ1) is 13.2. The van der Waals surface area contributed by atoms with Crippen molar-refractivity contribution in [3.05, 3.63) is 59.1 Å². The number of benzene rings is 2. The number of carbonyl (C=O) groups excluding carboxylic acids is 1. The molecule has 0 N–H and O–H groups in total. The summed E-state index contributed by atoms with van der Waals surface area (Å²) in [5.74, 6) is -0.403. The molecule has 0 amide bonds. The van der Waals surface area contributed by atoms with E-state index in [4.69, 9.17) is 11.6 Å². The van der Waals surface area contributed by atoms with Gasteiger partial charge in [0.2, 0.25) is 0 Å². The van der Waals surface area contributed by atoms with Gasteiger partial charge in [-0.05, 0) is 36.4 Å². The highest BCUT2D eigenvalue weighted by Crippen LogP contribution is 2.22. The first-order valence-corrected chi connectivity index (χ1v) is 5.92. The van der Waals surface area contributed by atoms with Crippen molar-refractivity contribution < 1.29 is 9.53 Å². The largest absolute Gasteiger partial charge is 0.465 e. The maximum atomic E-state index is 11.4. The number of esters is 1. The molecule has 0 aliphatic heterocycles. The third-order valence-corrected chi connectivity index (χ3v) is 2.59. The molecule has 0 radical (unpaired) electrons. The fourth-order valence-corrected chi connectivity index (χ4v) is 1.65. The van der Waals surface area contributed by atoms with Crippen LogP contribution in [0.4, 0.5) is 11.4 Å². The molecule has 0 spiro atoms. The van der Waals surface area contributed by atoms with Crippen molar-refractivity contribution in [2.24, 2.45) is 10.2 Å². The molecule has 2 aromatic carbocycles. The van der Waals surface area contributed by atoms with E-state index in [0.717, 1.165) is 0 Å². The summed E-state index contributed by atoms with van der Waals surface area (Å²) in [7, 11) is 1.34. The van der Waals surface area contributed by atoms with E-state index in [-0.39, 0.29) is 0 Å². The van der Waals surface area contributed by atoms with E-state index in [2.05, 4.69) is 15.0 Å². The fourth-order valence-electron chi connectivity index (χ4n) is 1.47. The Balaban J connectivity index is 2.21.